The van der Waals surface area contributed by atoms with E-state index in [2.05, 4.69) is 0 Å². The Morgan fingerprint density at radius 1 is 1.23 bits per heavy atom. The standard InChI is InChI=1S/C7H14O6/c1-12-6-5(10)4(9)3(2-8)13-7(6)11/h3-11H,2H2,1H3/t3?,4-,5?,6+,7?/m1/s1. The summed E-state index contributed by atoms with van der Waals surface area (Å²) >= 11 is 0. The van der Waals surface area contributed by atoms with Crippen molar-refractivity contribution in [2.24, 2.45) is 0 Å². The van der Waals surface area contributed by atoms with E-state index < -0.39 is 37.3 Å². The van der Waals surface area contributed by atoms with Gasteiger partial charge in [0.1, 0.15) is 24.4 Å². The van der Waals surface area contributed by atoms with Gasteiger partial charge in [0.15, 0.2) is 6.29 Å². The Kier molecular flexibility index (Phi) is 3.60. The first kappa shape index (κ1) is 10.8. The number of aliphatic hydroxyl groups is 4. The molecule has 1 rings (SSSR count). The van der Waals surface area contributed by atoms with Crippen molar-refractivity contribution in [3.8, 4) is 0 Å². The molecule has 0 spiro atoms. The fourth-order valence-corrected chi connectivity index (χ4v) is 1.33. The van der Waals surface area contributed by atoms with E-state index >= 15 is 0 Å². The molecule has 0 aromatic heterocycles. The molecule has 13 heavy (non-hydrogen) atoms. The number of hydrogen-bond donors (Lipinski definition) is 4. The second-order valence-electron chi connectivity index (χ2n) is 2.93. The first-order chi connectivity index (χ1) is 6.11. The van der Waals surface area contributed by atoms with Crippen molar-refractivity contribution in [1.29, 1.82) is 0 Å². The molecule has 1 aliphatic rings. The van der Waals surface area contributed by atoms with Gasteiger partial charge in [0, 0.05) is 7.11 Å². The Bertz CT molecular complexity index is 163. The molecule has 0 bridgehead atoms. The third-order valence-corrected chi connectivity index (χ3v) is 2.11. The van der Waals surface area contributed by atoms with E-state index in [1.807, 2.05) is 0 Å². The van der Waals surface area contributed by atoms with E-state index in [0.29, 0.717) is 0 Å². The lowest BCUT2D eigenvalue weighted by Gasteiger charge is -2.39. The number of methoxy groups -OCH3 is 1. The normalized spacial score (nSPS) is 46.4. The molecular formula is C7H14O6. The summed E-state index contributed by atoms with van der Waals surface area (Å²) in [6.45, 7) is -0.467. The molecule has 5 atom stereocenters. The monoisotopic (exact) mass is 194 g/mol. The van der Waals surface area contributed by atoms with Gasteiger partial charge in [-0.1, -0.05) is 0 Å². The molecule has 0 saturated carbocycles. The van der Waals surface area contributed by atoms with Gasteiger partial charge in [-0.05, 0) is 0 Å². The molecule has 0 aliphatic carbocycles. The fourth-order valence-electron chi connectivity index (χ4n) is 1.33. The average molecular weight is 194 g/mol. The largest absolute Gasteiger partial charge is 0.394 e. The molecule has 1 heterocycles. The van der Waals surface area contributed by atoms with Crippen LogP contribution in [0, 0.1) is 0 Å². The number of hydrogen-bond acceptors (Lipinski definition) is 6. The van der Waals surface area contributed by atoms with E-state index in [-0.39, 0.29) is 0 Å². The average Bonchev–Trinajstić information content (AvgIpc) is 2.12. The van der Waals surface area contributed by atoms with Crippen molar-refractivity contribution >= 4 is 0 Å². The number of aliphatic hydroxyl groups excluding tert-OH is 4. The van der Waals surface area contributed by atoms with Crippen LogP contribution in [0.25, 0.3) is 0 Å². The number of rotatable bonds is 2. The molecule has 1 saturated heterocycles. The van der Waals surface area contributed by atoms with E-state index in [9.17, 15) is 15.3 Å². The Hall–Kier alpha value is -0.240. The third kappa shape index (κ3) is 1.98. The Morgan fingerprint density at radius 2 is 1.85 bits per heavy atom. The van der Waals surface area contributed by atoms with Crippen LogP contribution in [0.3, 0.4) is 0 Å². The summed E-state index contributed by atoms with van der Waals surface area (Å²) in [5, 5.41) is 36.7. The van der Waals surface area contributed by atoms with Crippen LogP contribution in [0.2, 0.25) is 0 Å². The smallest absolute Gasteiger partial charge is 0.184 e. The van der Waals surface area contributed by atoms with Crippen LogP contribution in [-0.4, -0.2) is 64.8 Å². The molecule has 4 N–H and O–H groups in total. The SMILES string of the molecule is CO[C@@H]1C(O)OC(CO)[C@@H](O)C1O. The summed E-state index contributed by atoms with van der Waals surface area (Å²) in [5.41, 5.74) is 0. The van der Waals surface area contributed by atoms with Crippen LogP contribution < -0.4 is 0 Å². The van der Waals surface area contributed by atoms with Gasteiger partial charge in [-0.15, -0.1) is 0 Å². The summed E-state index contributed by atoms with van der Waals surface area (Å²) in [4.78, 5) is 0. The Balaban J connectivity index is 2.66. The Morgan fingerprint density at radius 3 is 2.31 bits per heavy atom. The lowest BCUT2D eigenvalue weighted by molar-refractivity contribution is -0.291. The van der Waals surface area contributed by atoms with Crippen molar-refractivity contribution in [3.05, 3.63) is 0 Å². The van der Waals surface area contributed by atoms with Crippen molar-refractivity contribution < 1.29 is 29.9 Å². The summed E-state index contributed by atoms with van der Waals surface area (Å²) in [6, 6.07) is 0. The van der Waals surface area contributed by atoms with Crippen molar-refractivity contribution in [3.63, 3.8) is 0 Å². The first-order valence-corrected chi connectivity index (χ1v) is 3.95. The lowest BCUT2D eigenvalue weighted by Crippen LogP contribution is -2.59. The molecule has 0 radical (unpaired) electrons. The van der Waals surface area contributed by atoms with Gasteiger partial charge < -0.3 is 29.9 Å². The molecule has 0 aromatic rings. The van der Waals surface area contributed by atoms with Crippen LogP contribution in [0.4, 0.5) is 0 Å². The van der Waals surface area contributed by atoms with Crippen molar-refractivity contribution in [1.82, 2.24) is 0 Å². The van der Waals surface area contributed by atoms with Crippen LogP contribution in [-0.2, 0) is 9.47 Å². The van der Waals surface area contributed by atoms with Gasteiger partial charge in [-0.3, -0.25) is 0 Å². The maximum atomic E-state index is 9.38. The van der Waals surface area contributed by atoms with Crippen molar-refractivity contribution in [2.75, 3.05) is 13.7 Å². The predicted molar refractivity (Wildman–Crippen MR) is 40.8 cm³/mol. The third-order valence-electron chi connectivity index (χ3n) is 2.11. The maximum Gasteiger partial charge on any atom is 0.184 e. The molecule has 6 nitrogen and oxygen atoms in total. The maximum absolute atomic E-state index is 9.38. The van der Waals surface area contributed by atoms with Gasteiger partial charge in [0.25, 0.3) is 0 Å². The van der Waals surface area contributed by atoms with Crippen LogP contribution in [0.1, 0.15) is 0 Å². The fraction of sp³-hybridized carbons (Fsp3) is 1.00. The van der Waals surface area contributed by atoms with E-state index in [1.165, 1.54) is 7.11 Å². The molecule has 3 unspecified atom stereocenters. The topological polar surface area (TPSA) is 99.4 Å². The minimum Gasteiger partial charge on any atom is -0.394 e. The van der Waals surface area contributed by atoms with Crippen molar-refractivity contribution in [2.45, 2.75) is 30.7 Å². The van der Waals surface area contributed by atoms with Gasteiger partial charge in [0.05, 0.1) is 6.61 Å². The molecule has 0 amide bonds. The quantitative estimate of drug-likeness (QED) is 0.386. The highest BCUT2D eigenvalue weighted by Gasteiger charge is 2.43. The van der Waals surface area contributed by atoms with Gasteiger partial charge in [0.2, 0.25) is 0 Å². The molecule has 0 aromatic carbocycles. The van der Waals surface area contributed by atoms with E-state index in [0.717, 1.165) is 0 Å². The highest BCUT2D eigenvalue weighted by molar-refractivity contribution is 4.88. The molecular weight excluding hydrogens is 180 g/mol. The van der Waals surface area contributed by atoms with E-state index in [4.69, 9.17) is 14.6 Å². The summed E-state index contributed by atoms with van der Waals surface area (Å²) in [5.74, 6) is 0. The van der Waals surface area contributed by atoms with E-state index in [1.54, 1.807) is 0 Å². The highest BCUT2D eigenvalue weighted by Crippen LogP contribution is 2.21. The first-order valence-electron chi connectivity index (χ1n) is 3.95. The molecule has 6 heteroatoms. The minimum absolute atomic E-state index is 0.467. The van der Waals surface area contributed by atoms with Gasteiger partial charge in [-0.2, -0.15) is 0 Å². The number of ether oxygens (including phenoxy) is 2. The summed E-state index contributed by atoms with van der Waals surface area (Å²) in [6.07, 6.45) is -5.81. The zero-order valence-electron chi connectivity index (χ0n) is 7.20. The second kappa shape index (κ2) is 4.32. The van der Waals surface area contributed by atoms with Crippen LogP contribution in [0.5, 0.6) is 0 Å². The lowest BCUT2D eigenvalue weighted by atomic mass is 9.99. The van der Waals surface area contributed by atoms with Crippen LogP contribution >= 0.6 is 0 Å². The Labute approximate surface area is 75.3 Å². The van der Waals surface area contributed by atoms with Gasteiger partial charge >= 0.3 is 0 Å². The zero-order chi connectivity index (χ0) is 10.0. The predicted octanol–water partition coefficient (Wildman–Crippen LogP) is -2.57. The summed E-state index contributed by atoms with van der Waals surface area (Å²) < 4.78 is 9.50. The molecule has 1 aliphatic heterocycles. The zero-order valence-corrected chi connectivity index (χ0v) is 7.20. The minimum atomic E-state index is -1.33. The molecule has 1 fully saturated rings. The highest BCUT2D eigenvalue weighted by atomic mass is 16.7. The molecule has 78 valence electrons. The van der Waals surface area contributed by atoms with Gasteiger partial charge in [-0.25, -0.2) is 0 Å². The summed E-state index contributed by atoms with van der Waals surface area (Å²) in [7, 11) is 1.28. The second-order valence-corrected chi connectivity index (χ2v) is 2.93. The van der Waals surface area contributed by atoms with Crippen LogP contribution in [0.15, 0.2) is 0 Å².